The van der Waals surface area contributed by atoms with E-state index in [-0.39, 0.29) is 0 Å². The van der Waals surface area contributed by atoms with Gasteiger partial charge in [-0.3, -0.25) is 0 Å². The number of hydrogen-bond donors (Lipinski definition) is 1. The summed E-state index contributed by atoms with van der Waals surface area (Å²) in [5.74, 6) is 0.661. The Hall–Kier alpha value is -0.730. The maximum absolute atomic E-state index is 6.01. The zero-order valence-electron chi connectivity index (χ0n) is 9.29. The summed E-state index contributed by atoms with van der Waals surface area (Å²) >= 11 is 6.01. The van der Waals surface area contributed by atoms with Crippen LogP contribution in [0.5, 0.6) is 0 Å². The maximum Gasteiger partial charge on any atom is 0.0751 e. The SMILES string of the molecule is CC(C)CCOCc1c(N)cccc1Cl. The summed E-state index contributed by atoms with van der Waals surface area (Å²) in [6, 6.07) is 5.52. The fraction of sp³-hybridized carbons (Fsp3) is 0.500. The van der Waals surface area contributed by atoms with E-state index in [9.17, 15) is 0 Å². The molecule has 2 nitrogen and oxygen atoms in total. The molecule has 0 spiro atoms. The highest BCUT2D eigenvalue weighted by molar-refractivity contribution is 6.31. The van der Waals surface area contributed by atoms with E-state index < -0.39 is 0 Å². The summed E-state index contributed by atoms with van der Waals surface area (Å²) in [6.45, 7) is 5.60. The molecule has 0 atom stereocenters. The molecule has 0 aliphatic rings. The highest BCUT2D eigenvalue weighted by atomic mass is 35.5. The van der Waals surface area contributed by atoms with Crippen LogP contribution in [0.3, 0.4) is 0 Å². The van der Waals surface area contributed by atoms with Gasteiger partial charge in [-0.2, -0.15) is 0 Å². The number of anilines is 1. The third-order valence-electron chi connectivity index (χ3n) is 2.24. The number of nitrogens with two attached hydrogens (primary N) is 1. The molecule has 0 aliphatic heterocycles. The molecule has 84 valence electrons. The average molecular weight is 228 g/mol. The molecular weight excluding hydrogens is 210 g/mol. The molecule has 1 rings (SSSR count). The third kappa shape index (κ3) is 4.10. The molecule has 0 bridgehead atoms. The standard InChI is InChI=1S/C12H18ClNO/c1-9(2)6-7-15-8-10-11(13)4-3-5-12(10)14/h3-5,9H,6-8,14H2,1-2H3. The summed E-state index contributed by atoms with van der Waals surface area (Å²) in [6.07, 6.45) is 1.06. The summed E-state index contributed by atoms with van der Waals surface area (Å²) in [7, 11) is 0. The minimum Gasteiger partial charge on any atom is -0.398 e. The Bertz CT molecular complexity index is 292. The van der Waals surface area contributed by atoms with Crippen molar-refractivity contribution in [1.29, 1.82) is 0 Å². The predicted molar refractivity (Wildman–Crippen MR) is 65.0 cm³/mol. The lowest BCUT2D eigenvalue weighted by atomic mass is 10.1. The molecule has 0 aromatic heterocycles. The van der Waals surface area contributed by atoms with Gasteiger partial charge in [0.15, 0.2) is 0 Å². The van der Waals surface area contributed by atoms with E-state index >= 15 is 0 Å². The Balaban J connectivity index is 2.43. The quantitative estimate of drug-likeness (QED) is 0.618. The first-order valence-corrected chi connectivity index (χ1v) is 5.59. The van der Waals surface area contributed by atoms with Crippen LogP contribution >= 0.6 is 11.6 Å². The van der Waals surface area contributed by atoms with Crippen LogP contribution in [0.15, 0.2) is 18.2 Å². The second-order valence-electron chi connectivity index (χ2n) is 4.04. The van der Waals surface area contributed by atoms with Crippen LogP contribution in [-0.2, 0) is 11.3 Å². The number of ether oxygens (including phenoxy) is 1. The molecule has 0 radical (unpaired) electrons. The largest absolute Gasteiger partial charge is 0.398 e. The smallest absolute Gasteiger partial charge is 0.0751 e. The van der Waals surface area contributed by atoms with Crippen LogP contribution in [0, 0.1) is 5.92 Å². The highest BCUT2D eigenvalue weighted by Crippen LogP contribution is 2.22. The molecule has 0 fully saturated rings. The topological polar surface area (TPSA) is 35.2 Å². The molecule has 15 heavy (non-hydrogen) atoms. The maximum atomic E-state index is 6.01. The number of rotatable bonds is 5. The molecule has 0 aliphatic carbocycles. The van der Waals surface area contributed by atoms with E-state index in [0.29, 0.717) is 23.2 Å². The van der Waals surface area contributed by atoms with Crippen molar-refractivity contribution in [2.75, 3.05) is 12.3 Å². The van der Waals surface area contributed by atoms with E-state index in [1.54, 1.807) is 0 Å². The van der Waals surface area contributed by atoms with Crippen molar-refractivity contribution in [3.63, 3.8) is 0 Å². The minimum absolute atomic E-state index is 0.498. The lowest BCUT2D eigenvalue weighted by Crippen LogP contribution is -2.02. The molecule has 1 aromatic rings. The molecule has 3 heteroatoms. The molecule has 0 amide bonds. The predicted octanol–water partition coefficient (Wildman–Crippen LogP) is 3.48. The average Bonchev–Trinajstić information content (AvgIpc) is 2.15. The van der Waals surface area contributed by atoms with Crippen molar-refractivity contribution in [1.82, 2.24) is 0 Å². The summed E-state index contributed by atoms with van der Waals surface area (Å²) < 4.78 is 5.53. The Morgan fingerprint density at radius 2 is 2.13 bits per heavy atom. The summed E-state index contributed by atoms with van der Waals surface area (Å²) in [5.41, 5.74) is 7.39. The van der Waals surface area contributed by atoms with Crippen molar-refractivity contribution in [2.24, 2.45) is 5.92 Å². The number of halogens is 1. The van der Waals surface area contributed by atoms with Gasteiger partial charge >= 0.3 is 0 Å². The first-order chi connectivity index (χ1) is 7.11. The van der Waals surface area contributed by atoms with Crippen molar-refractivity contribution >= 4 is 17.3 Å². The first-order valence-electron chi connectivity index (χ1n) is 5.22. The van der Waals surface area contributed by atoms with Gasteiger partial charge in [0.1, 0.15) is 0 Å². The Kier molecular flexibility index (Phi) is 4.92. The highest BCUT2D eigenvalue weighted by Gasteiger charge is 2.04. The third-order valence-corrected chi connectivity index (χ3v) is 2.60. The van der Waals surface area contributed by atoms with E-state index in [0.717, 1.165) is 18.6 Å². The van der Waals surface area contributed by atoms with Gasteiger partial charge < -0.3 is 10.5 Å². The van der Waals surface area contributed by atoms with Gasteiger partial charge in [0, 0.05) is 22.9 Å². The molecule has 1 aromatic carbocycles. The molecule has 2 N–H and O–H groups in total. The second-order valence-corrected chi connectivity index (χ2v) is 4.45. The van der Waals surface area contributed by atoms with Gasteiger partial charge in [-0.25, -0.2) is 0 Å². The van der Waals surface area contributed by atoms with Gasteiger partial charge in [-0.05, 0) is 24.5 Å². The first kappa shape index (κ1) is 12.3. The van der Waals surface area contributed by atoms with Crippen molar-refractivity contribution in [2.45, 2.75) is 26.9 Å². The van der Waals surface area contributed by atoms with E-state index in [2.05, 4.69) is 13.8 Å². The lowest BCUT2D eigenvalue weighted by molar-refractivity contribution is 0.111. The second kappa shape index (κ2) is 5.99. The van der Waals surface area contributed by atoms with Crippen LogP contribution in [0.1, 0.15) is 25.8 Å². The summed E-state index contributed by atoms with van der Waals surface area (Å²) in [5, 5.41) is 0.680. The molecule has 0 saturated heterocycles. The van der Waals surface area contributed by atoms with Crippen LogP contribution in [0.4, 0.5) is 5.69 Å². The van der Waals surface area contributed by atoms with Crippen molar-refractivity contribution in [3.05, 3.63) is 28.8 Å². The van der Waals surface area contributed by atoms with Crippen LogP contribution in [0.2, 0.25) is 5.02 Å². The van der Waals surface area contributed by atoms with Crippen molar-refractivity contribution in [3.8, 4) is 0 Å². The van der Waals surface area contributed by atoms with Crippen molar-refractivity contribution < 1.29 is 4.74 Å². The van der Waals surface area contributed by atoms with Crippen LogP contribution in [0.25, 0.3) is 0 Å². The molecule has 0 unspecified atom stereocenters. The van der Waals surface area contributed by atoms with Crippen LogP contribution in [-0.4, -0.2) is 6.61 Å². The van der Waals surface area contributed by atoms with Gasteiger partial charge in [-0.15, -0.1) is 0 Å². The van der Waals surface area contributed by atoms with Crippen LogP contribution < -0.4 is 5.73 Å². The van der Waals surface area contributed by atoms with Gasteiger partial charge in [-0.1, -0.05) is 31.5 Å². The van der Waals surface area contributed by atoms with Gasteiger partial charge in [0.2, 0.25) is 0 Å². The monoisotopic (exact) mass is 227 g/mol. The normalized spacial score (nSPS) is 10.9. The summed E-state index contributed by atoms with van der Waals surface area (Å²) in [4.78, 5) is 0. The fourth-order valence-corrected chi connectivity index (χ4v) is 1.46. The fourth-order valence-electron chi connectivity index (χ4n) is 1.22. The zero-order valence-corrected chi connectivity index (χ0v) is 10.1. The van der Waals surface area contributed by atoms with Gasteiger partial charge in [0.25, 0.3) is 0 Å². The molecular formula is C12H18ClNO. The lowest BCUT2D eigenvalue weighted by Gasteiger charge is -2.09. The number of nitrogen functional groups attached to an aromatic ring is 1. The Morgan fingerprint density at radius 1 is 1.40 bits per heavy atom. The minimum atomic E-state index is 0.498. The van der Waals surface area contributed by atoms with E-state index in [1.807, 2.05) is 18.2 Å². The van der Waals surface area contributed by atoms with Gasteiger partial charge in [0.05, 0.1) is 6.61 Å². The van der Waals surface area contributed by atoms with E-state index in [1.165, 1.54) is 0 Å². The Labute approximate surface area is 96.4 Å². The number of benzene rings is 1. The Morgan fingerprint density at radius 3 is 2.73 bits per heavy atom. The number of hydrogen-bond acceptors (Lipinski definition) is 2. The molecule has 0 heterocycles. The zero-order chi connectivity index (χ0) is 11.3. The van der Waals surface area contributed by atoms with E-state index in [4.69, 9.17) is 22.1 Å². The molecule has 0 saturated carbocycles.